The average Bonchev–Trinajstić information content (AvgIpc) is 3.11. The topological polar surface area (TPSA) is 131 Å². The highest BCUT2D eigenvalue weighted by Crippen LogP contribution is 2.25. The summed E-state index contributed by atoms with van der Waals surface area (Å²) in [5, 5.41) is 3.50. The Balaban J connectivity index is 1.81. The molecule has 0 aliphatic heterocycles. The molecule has 0 spiro atoms. The number of amides is 3. The summed E-state index contributed by atoms with van der Waals surface area (Å²) in [5.74, 6) is -1.56. The molecule has 0 atom stereocenters. The van der Waals surface area contributed by atoms with Crippen LogP contribution in [0.1, 0.15) is 57.8 Å². The van der Waals surface area contributed by atoms with Gasteiger partial charge in [-0.25, -0.2) is 0 Å². The lowest BCUT2D eigenvalue weighted by atomic mass is 9.95. The minimum Gasteiger partial charge on any atom is -0.395 e. The molecule has 160 valence electrons. The van der Waals surface area contributed by atoms with Crippen LogP contribution in [0.2, 0.25) is 5.02 Å². The molecule has 10 heteroatoms. The number of hydrogen-bond acceptors (Lipinski definition) is 6. The number of nitrogen functional groups attached to an aromatic ring is 1. The Hall–Kier alpha value is -2.65. The van der Waals surface area contributed by atoms with Crippen LogP contribution in [0.15, 0.2) is 24.3 Å². The van der Waals surface area contributed by atoms with E-state index in [4.69, 9.17) is 23.1 Å². The van der Waals surface area contributed by atoms with Crippen LogP contribution in [0.3, 0.4) is 0 Å². The van der Waals surface area contributed by atoms with Crippen molar-refractivity contribution in [3.63, 3.8) is 0 Å². The van der Waals surface area contributed by atoms with Gasteiger partial charge >= 0.3 is 0 Å². The minimum atomic E-state index is -0.810. The Morgan fingerprint density at radius 3 is 2.53 bits per heavy atom. The number of nitrogens with one attached hydrogen (secondary N) is 1. The molecule has 5 N–H and O–H groups in total. The van der Waals surface area contributed by atoms with Crippen LogP contribution in [0.25, 0.3) is 0 Å². The van der Waals surface area contributed by atoms with Gasteiger partial charge in [-0.3, -0.25) is 14.4 Å². The summed E-state index contributed by atoms with van der Waals surface area (Å²) >= 11 is 7.04. The molecule has 30 heavy (non-hydrogen) atoms. The number of nitrogens with zero attached hydrogens (tertiary/aromatic N) is 2. The number of primary amides is 1. The van der Waals surface area contributed by atoms with Crippen LogP contribution in [0.4, 0.5) is 5.69 Å². The number of rotatable bonds is 7. The molecule has 1 aromatic carbocycles. The maximum absolute atomic E-state index is 13.2. The Morgan fingerprint density at radius 1 is 1.20 bits per heavy atom. The monoisotopic (exact) mass is 449 g/mol. The van der Waals surface area contributed by atoms with Crippen molar-refractivity contribution in [2.45, 2.75) is 44.7 Å². The standard InChI is InChI=1S/C20H24ClN5O3S/c21-14-9-5-4-6-12(14)10-26(11-15(27)24-13-7-2-1-3-8-13)20(29)18-16(22)17(19(23)28)25-30-18/h4-6,9,13H,1-3,7-8,10-11,22H2,(H2,23,28)(H,24,27). The molecule has 3 rings (SSSR count). The number of benzene rings is 1. The third kappa shape index (κ3) is 5.28. The van der Waals surface area contributed by atoms with Crippen LogP contribution >= 0.6 is 23.1 Å². The Labute approximate surface area is 183 Å². The molecule has 1 aliphatic rings. The SMILES string of the molecule is NC(=O)c1nsc(C(=O)N(CC(=O)NC2CCCCC2)Cc2ccccc2Cl)c1N. The van der Waals surface area contributed by atoms with E-state index in [-0.39, 0.29) is 41.3 Å². The first kappa shape index (κ1) is 22.0. The lowest BCUT2D eigenvalue weighted by Gasteiger charge is -2.26. The van der Waals surface area contributed by atoms with Gasteiger partial charge in [0.15, 0.2) is 5.69 Å². The molecule has 1 aliphatic carbocycles. The summed E-state index contributed by atoms with van der Waals surface area (Å²) in [6.45, 7) is -0.0519. The van der Waals surface area contributed by atoms with Gasteiger partial charge in [0.2, 0.25) is 5.91 Å². The molecule has 1 aromatic heterocycles. The van der Waals surface area contributed by atoms with Gasteiger partial charge < -0.3 is 21.7 Å². The third-order valence-electron chi connectivity index (χ3n) is 5.07. The second-order valence-electron chi connectivity index (χ2n) is 7.29. The molecule has 0 radical (unpaired) electrons. The van der Waals surface area contributed by atoms with Crippen LogP contribution in [0, 0.1) is 0 Å². The molecule has 2 aromatic rings. The molecule has 0 saturated heterocycles. The quantitative estimate of drug-likeness (QED) is 0.597. The average molecular weight is 450 g/mol. The summed E-state index contributed by atoms with van der Waals surface area (Å²) in [4.78, 5) is 38.7. The van der Waals surface area contributed by atoms with E-state index in [2.05, 4.69) is 9.69 Å². The third-order valence-corrected chi connectivity index (χ3v) is 6.29. The second kappa shape index (κ2) is 9.90. The number of carbonyl (C=O) groups excluding carboxylic acids is 3. The zero-order chi connectivity index (χ0) is 21.7. The molecular formula is C20H24ClN5O3S. The van der Waals surface area contributed by atoms with Crippen molar-refractivity contribution in [2.24, 2.45) is 5.73 Å². The first-order valence-electron chi connectivity index (χ1n) is 9.73. The van der Waals surface area contributed by atoms with E-state index < -0.39 is 11.8 Å². The van der Waals surface area contributed by atoms with E-state index in [0.29, 0.717) is 10.6 Å². The maximum atomic E-state index is 13.2. The maximum Gasteiger partial charge on any atom is 0.270 e. The van der Waals surface area contributed by atoms with Crippen molar-refractivity contribution >= 4 is 46.5 Å². The van der Waals surface area contributed by atoms with Gasteiger partial charge in [-0.15, -0.1) is 0 Å². The van der Waals surface area contributed by atoms with Crippen LogP contribution in [-0.4, -0.2) is 39.6 Å². The van der Waals surface area contributed by atoms with Gasteiger partial charge in [-0.05, 0) is 36.0 Å². The zero-order valence-corrected chi connectivity index (χ0v) is 18.0. The smallest absolute Gasteiger partial charge is 0.270 e. The number of aromatic nitrogens is 1. The van der Waals surface area contributed by atoms with Crippen molar-refractivity contribution in [2.75, 3.05) is 12.3 Å². The van der Waals surface area contributed by atoms with Crippen molar-refractivity contribution in [1.82, 2.24) is 14.6 Å². The molecule has 3 amide bonds. The summed E-state index contributed by atoms with van der Waals surface area (Å²) in [5.41, 5.74) is 11.6. The van der Waals surface area contributed by atoms with E-state index in [9.17, 15) is 14.4 Å². The first-order chi connectivity index (χ1) is 14.4. The number of hydrogen-bond donors (Lipinski definition) is 3. The van der Waals surface area contributed by atoms with E-state index in [0.717, 1.165) is 37.2 Å². The summed E-state index contributed by atoms with van der Waals surface area (Å²) < 4.78 is 3.88. The minimum absolute atomic E-state index is 0.0707. The van der Waals surface area contributed by atoms with E-state index in [1.807, 2.05) is 0 Å². The van der Waals surface area contributed by atoms with Crippen molar-refractivity contribution in [3.05, 3.63) is 45.4 Å². The molecule has 1 heterocycles. The van der Waals surface area contributed by atoms with Crippen LogP contribution in [0.5, 0.6) is 0 Å². The summed E-state index contributed by atoms with van der Waals surface area (Å²) in [6.07, 6.45) is 5.22. The fourth-order valence-electron chi connectivity index (χ4n) is 3.50. The van der Waals surface area contributed by atoms with Crippen LogP contribution < -0.4 is 16.8 Å². The highest BCUT2D eigenvalue weighted by atomic mass is 35.5. The Morgan fingerprint density at radius 2 is 1.90 bits per heavy atom. The summed E-state index contributed by atoms with van der Waals surface area (Å²) in [6, 6.07) is 7.21. The lowest BCUT2D eigenvalue weighted by Crippen LogP contribution is -2.44. The van der Waals surface area contributed by atoms with Crippen LogP contribution in [-0.2, 0) is 11.3 Å². The fraction of sp³-hybridized carbons (Fsp3) is 0.400. The first-order valence-corrected chi connectivity index (χ1v) is 10.9. The fourth-order valence-corrected chi connectivity index (χ4v) is 4.47. The van der Waals surface area contributed by atoms with Crippen molar-refractivity contribution in [1.29, 1.82) is 0 Å². The molecule has 8 nitrogen and oxygen atoms in total. The normalized spacial score (nSPS) is 14.3. The number of carbonyl (C=O) groups is 3. The predicted molar refractivity (Wildman–Crippen MR) is 116 cm³/mol. The Bertz CT molecular complexity index is 942. The summed E-state index contributed by atoms with van der Waals surface area (Å²) in [7, 11) is 0. The second-order valence-corrected chi connectivity index (χ2v) is 8.47. The van der Waals surface area contributed by atoms with E-state index in [1.54, 1.807) is 24.3 Å². The zero-order valence-electron chi connectivity index (χ0n) is 16.4. The van der Waals surface area contributed by atoms with Gasteiger partial charge in [-0.2, -0.15) is 4.37 Å². The molecule has 0 unspecified atom stereocenters. The number of halogens is 1. The molecule has 1 fully saturated rings. The Kier molecular flexibility index (Phi) is 7.28. The molecule has 1 saturated carbocycles. The van der Waals surface area contributed by atoms with Gasteiger partial charge in [-0.1, -0.05) is 49.1 Å². The van der Waals surface area contributed by atoms with E-state index >= 15 is 0 Å². The number of anilines is 1. The van der Waals surface area contributed by atoms with Gasteiger partial charge in [0.25, 0.3) is 11.8 Å². The highest BCUT2D eigenvalue weighted by Gasteiger charge is 2.27. The molecular weight excluding hydrogens is 426 g/mol. The lowest BCUT2D eigenvalue weighted by molar-refractivity contribution is -0.122. The van der Waals surface area contributed by atoms with Gasteiger partial charge in [0, 0.05) is 17.6 Å². The highest BCUT2D eigenvalue weighted by molar-refractivity contribution is 7.09. The predicted octanol–water partition coefficient (Wildman–Crippen LogP) is 2.57. The van der Waals surface area contributed by atoms with Gasteiger partial charge in [0.1, 0.15) is 11.4 Å². The van der Waals surface area contributed by atoms with Crippen molar-refractivity contribution < 1.29 is 14.4 Å². The van der Waals surface area contributed by atoms with E-state index in [1.165, 1.54) is 11.3 Å². The molecule has 0 bridgehead atoms. The number of nitrogens with two attached hydrogens (primary N) is 2. The van der Waals surface area contributed by atoms with Gasteiger partial charge in [0.05, 0.1) is 5.69 Å². The largest absolute Gasteiger partial charge is 0.395 e. The van der Waals surface area contributed by atoms with Crippen molar-refractivity contribution in [3.8, 4) is 0 Å².